The number of carbonyl (C=O) groups is 1. The van der Waals surface area contributed by atoms with Crippen LogP contribution in [0.4, 0.5) is 0 Å². The van der Waals surface area contributed by atoms with Gasteiger partial charge in [-0.25, -0.2) is 8.42 Å². The highest BCUT2D eigenvalue weighted by molar-refractivity contribution is 7.91. The summed E-state index contributed by atoms with van der Waals surface area (Å²) in [6.07, 6.45) is 1.83. The van der Waals surface area contributed by atoms with Crippen LogP contribution in [-0.2, 0) is 26.7 Å². The topological polar surface area (TPSA) is 74.7 Å². The Kier molecular flexibility index (Phi) is 6.51. The summed E-state index contributed by atoms with van der Waals surface area (Å²) in [6.45, 7) is 8.15. The zero-order valence-corrected chi connectivity index (χ0v) is 17.1. The monoisotopic (exact) mass is 381 g/mol. The molecule has 0 unspecified atom stereocenters. The molecular formula is C20H31NO4S. The molecule has 146 valence electrons. The van der Waals surface area contributed by atoms with E-state index in [9.17, 15) is 18.3 Å². The van der Waals surface area contributed by atoms with Gasteiger partial charge in [0, 0.05) is 13.1 Å². The van der Waals surface area contributed by atoms with Gasteiger partial charge in [-0.1, -0.05) is 24.3 Å². The van der Waals surface area contributed by atoms with Crippen molar-refractivity contribution in [1.82, 2.24) is 4.90 Å². The highest BCUT2D eigenvalue weighted by Crippen LogP contribution is 2.22. The van der Waals surface area contributed by atoms with Gasteiger partial charge < -0.3 is 10.0 Å². The minimum absolute atomic E-state index is 0.0752. The van der Waals surface area contributed by atoms with Crippen molar-refractivity contribution >= 4 is 15.7 Å². The number of nitrogens with zero attached hydrogens (tertiary/aromatic N) is 1. The molecule has 0 radical (unpaired) electrons. The van der Waals surface area contributed by atoms with E-state index in [1.54, 1.807) is 27.7 Å². The maximum atomic E-state index is 12.5. The third-order valence-corrected chi connectivity index (χ3v) is 7.54. The number of piperidine rings is 1. The number of aliphatic hydroxyl groups is 1. The van der Waals surface area contributed by atoms with E-state index >= 15 is 0 Å². The predicted octanol–water partition coefficient (Wildman–Crippen LogP) is 2.52. The van der Waals surface area contributed by atoms with Crippen molar-refractivity contribution in [1.29, 1.82) is 0 Å². The first-order chi connectivity index (χ1) is 12.0. The van der Waals surface area contributed by atoms with Gasteiger partial charge >= 0.3 is 0 Å². The summed E-state index contributed by atoms with van der Waals surface area (Å²) in [6, 6.07) is 7.47. The largest absolute Gasteiger partial charge is 0.386 e. The van der Waals surface area contributed by atoms with Crippen LogP contribution in [0.25, 0.3) is 0 Å². The summed E-state index contributed by atoms with van der Waals surface area (Å²) in [5.74, 6) is 0.453. The molecule has 1 heterocycles. The van der Waals surface area contributed by atoms with Crippen LogP contribution in [0, 0.1) is 5.92 Å². The molecule has 0 spiro atoms. The normalized spacial score (nSPS) is 16.9. The average Bonchev–Trinajstić information content (AvgIpc) is 2.54. The standard InChI is InChI=1S/C20H31NO4S/c1-15(2)26(24,25)14-17-9-11-21(12-10-17)19(22)13-16-5-7-18(8-6-16)20(3,4)23/h5-8,15,17,23H,9-14H2,1-4H3. The Bertz CT molecular complexity index is 709. The van der Waals surface area contributed by atoms with Crippen LogP contribution in [0.15, 0.2) is 24.3 Å². The molecule has 1 fully saturated rings. The maximum Gasteiger partial charge on any atom is 0.226 e. The molecular weight excluding hydrogens is 350 g/mol. The van der Waals surface area contributed by atoms with Gasteiger partial charge in [-0.2, -0.15) is 0 Å². The molecule has 0 bridgehead atoms. The van der Waals surface area contributed by atoms with E-state index in [4.69, 9.17) is 0 Å². The molecule has 1 N–H and O–H groups in total. The molecule has 6 heteroatoms. The number of rotatable bonds is 6. The number of likely N-dealkylation sites (tertiary alicyclic amines) is 1. The minimum atomic E-state index is -3.02. The molecule has 1 aromatic rings. The van der Waals surface area contributed by atoms with Gasteiger partial charge in [0.2, 0.25) is 5.91 Å². The third kappa shape index (κ3) is 5.55. The van der Waals surface area contributed by atoms with Gasteiger partial charge in [0.1, 0.15) is 0 Å². The number of sulfone groups is 1. The lowest BCUT2D eigenvalue weighted by molar-refractivity contribution is -0.131. The number of hydrogen-bond acceptors (Lipinski definition) is 4. The first-order valence-electron chi connectivity index (χ1n) is 9.30. The Morgan fingerprint density at radius 1 is 1.19 bits per heavy atom. The van der Waals surface area contributed by atoms with Crippen molar-refractivity contribution in [3.8, 4) is 0 Å². The van der Waals surface area contributed by atoms with Gasteiger partial charge in [-0.3, -0.25) is 4.79 Å². The zero-order valence-electron chi connectivity index (χ0n) is 16.2. The summed E-state index contributed by atoms with van der Waals surface area (Å²) < 4.78 is 24.1. The highest BCUT2D eigenvalue weighted by Gasteiger charge is 2.28. The lowest BCUT2D eigenvalue weighted by Crippen LogP contribution is -2.41. The van der Waals surface area contributed by atoms with Gasteiger partial charge in [0.05, 0.1) is 23.0 Å². The summed E-state index contributed by atoms with van der Waals surface area (Å²) in [5, 5.41) is 9.65. The summed E-state index contributed by atoms with van der Waals surface area (Å²) in [5.41, 5.74) is 0.856. The Hall–Kier alpha value is -1.40. The van der Waals surface area contributed by atoms with Crippen LogP contribution in [0.5, 0.6) is 0 Å². The fourth-order valence-corrected chi connectivity index (χ4v) is 4.56. The molecule has 0 saturated carbocycles. The Balaban J connectivity index is 1.87. The summed E-state index contributed by atoms with van der Waals surface area (Å²) >= 11 is 0. The molecule has 5 nitrogen and oxygen atoms in total. The van der Waals surface area contributed by atoms with Crippen LogP contribution < -0.4 is 0 Å². The van der Waals surface area contributed by atoms with Crippen molar-refractivity contribution in [2.45, 2.75) is 57.8 Å². The van der Waals surface area contributed by atoms with Gasteiger partial charge in [0.15, 0.2) is 9.84 Å². The predicted molar refractivity (Wildman–Crippen MR) is 104 cm³/mol. The average molecular weight is 382 g/mol. The fourth-order valence-electron chi connectivity index (χ4n) is 3.19. The van der Waals surface area contributed by atoms with Crippen molar-refractivity contribution < 1.29 is 18.3 Å². The zero-order chi connectivity index (χ0) is 19.5. The Morgan fingerprint density at radius 2 is 1.73 bits per heavy atom. The molecule has 26 heavy (non-hydrogen) atoms. The molecule has 1 aliphatic heterocycles. The van der Waals surface area contributed by atoms with Crippen molar-refractivity contribution in [2.75, 3.05) is 18.8 Å². The third-order valence-electron chi connectivity index (χ3n) is 5.17. The van der Waals surface area contributed by atoms with Crippen molar-refractivity contribution in [2.24, 2.45) is 5.92 Å². The van der Waals surface area contributed by atoms with Crippen LogP contribution in [0.2, 0.25) is 0 Å². The quantitative estimate of drug-likeness (QED) is 0.822. The van der Waals surface area contributed by atoms with E-state index in [-0.39, 0.29) is 22.8 Å². The molecule has 1 aromatic carbocycles. The number of hydrogen-bond donors (Lipinski definition) is 1. The highest BCUT2D eigenvalue weighted by atomic mass is 32.2. The summed E-state index contributed by atoms with van der Waals surface area (Å²) in [4.78, 5) is 14.3. The Labute approximate surface area is 157 Å². The first kappa shape index (κ1) is 20.9. The van der Waals surface area contributed by atoms with E-state index < -0.39 is 15.4 Å². The summed E-state index contributed by atoms with van der Waals surface area (Å²) in [7, 11) is -3.02. The van der Waals surface area contributed by atoms with Crippen LogP contribution in [-0.4, -0.2) is 48.4 Å². The molecule has 0 atom stereocenters. The van der Waals surface area contributed by atoms with E-state index in [1.165, 1.54) is 0 Å². The van der Waals surface area contributed by atoms with Crippen molar-refractivity contribution in [3.05, 3.63) is 35.4 Å². The number of amides is 1. The second-order valence-corrected chi connectivity index (χ2v) is 10.7. The van der Waals surface area contributed by atoms with Crippen LogP contribution in [0.1, 0.15) is 51.7 Å². The second kappa shape index (κ2) is 8.09. The SMILES string of the molecule is CC(C)S(=O)(=O)CC1CCN(C(=O)Cc2ccc(C(C)(C)O)cc2)CC1. The van der Waals surface area contributed by atoms with Gasteiger partial charge in [0.25, 0.3) is 0 Å². The molecule has 1 aliphatic rings. The first-order valence-corrected chi connectivity index (χ1v) is 11.0. The number of benzene rings is 1. The lowest BCUT2D eigenvalue weighted by atomic mass is 9.96. The lowest BCUT2D eigenvalue weighted by Gasteiger charge is -2.32. The van der Waals surface area contributed by atoms with Gasteiger partial charge in [-0.05, 0) is 57.6 Å². The second-order valence-electron chi connectivity index (χ2n) is 8.14. The Morgan fingerprint density at radius 3 is 2.19 bits per heavy atom. The molecule has 2 rings (SSSR count). The fraction of sp³-hybridized carbons (Fsp3) is 0.650. The molecule has 0 aromatic heterocycles. The van der Waals surface area contributed by atoms with Gasteiger partial charge in [-0.15, -0.1) is 0 Å². The molecule has 0 aliphatic carbocycles. The van der Waals surface area contributed by atoms with E-state index in [0.717, 1.165) is 24.0 Å². The van der Waals surface area contributed by atoms with E-state index in [1.807, 2.05) is 29.2 Å². The van der Waals surface area contributed by atoms with E-state index in [0.29, 0.717) is 19.5 Å². The smallest absolute Gasteiger partial charge is 0.226 e. The van der Waals surface area contributed by atoms with Crippen LogP contribution >= 0.6 is 0 Å². The number of carbonyl (C=O) groups excluding carboxylic acids is 1. The molecule has 1 amide bonds. The maximum absolute atomic E-state index is 12.5. The molecule has 1 saturated heterocycles. The minimum Gasteiger partial charge on any atom is -0.386 e. The van der Waals surface area contributed by atoms with Crippen molar-refractivity contribution in [3.63, 3.8) is 0 Å². The van der Waals surface area contributed by atoms with E-state index in [2.05, 4.69) is 0 Å². The van der Waals surface area contributed by atoms with Crippen LogP contribution in [0.3, 0.4) is 0 Å².